The first-order valence-corrected chi connectivity index (χ1v) is 8.06. The Morgan fingerprint density at radius 2 is 2.16 bits per heavy atom. The Bertz CT molecular complexity index is 487. The molecule has 5 nitrogen and oxygen atoms in total. The third-order valence-electron chi connectivity index (χ3n) is 2.64. The second kappa shape index (κ2) is 6.86. The lowest BCUT2D eigenvalue weighted by Crippen LogP contribution is -2.13. The van der Waals surface area contributed by atoms with E-state index in [-0.39, 0.29) is 18.5 Å². The molecule has 0 bridgehead atoms. The van der Waals surface area contributed by atoms with E-state index in [4.69, 9.17) is 8.92 Å². The summed E-state index contributed by atoms with van der Waals surface area (Å²) in [6.45, 7) is 4.21. The Labute approximate surface area is 114 Å². The van der Waals surface area contributed by atoms with Crippen molar-refractivity contribution in [3.05, 3.63) is 23.3 Å². The van der Waals surface area contributed by atoms with Gasteiger partial charge in [-0.05, 0) is 31.8 Å². The minimum atomic E-state index is -3.41. The molecule has 0 aromatic rings. The topological polar surface area (TPSA) is 69.7 Å². The number of rotatable bonds is 6. The molecular weight excluding hydrogens is 268 g/mol. The fourth-order valence-electron chi connectivity index (χ4n) is 1.95. The van der Waals surface area contributed by atoms with Crippen molar-refractivity contribution < 1.29 is 22.1 Å². The normalized spacial score (nSPS) is 19.6. The van der Waals surface area contributed by atoms with Gasteiger partial charge >= 0.3 is 5.97 Å². The van der Waals surface area contributed by atoms with Crippen LogP contribution in [0.4, 0.5) is 0 Å². The molecule has 0 amide bonds. The zero-order chi connectivity index (χ0) is 14.5. The lowest BCUT2D eigenvalue weighted by atomic mass is 9.90. The van der Waals surface area contributed by atoms with Gasteiger partial charge in [0.1, 0.15) is 0 Å². The Hall–Kier alpha value is -1.14. The van der Waals surface area contributed by atoms with Gasteiger partial charge in [0.25, 0.3) is 10.1 Å². The van der Waals surface area contributed by atoms with Crippen LogP contribution in [-0.2, 0) is 23.8 Å². The first-order chi connectivity index (χ1) is 8.81. The summed E-state index contributed by atoms with van der Waals surface area (Å²) in [5, 5.41) is 0. The third kappa shape index (κ3) is 6.02. The molecule has 0 saturated carbocycles. The summed E-state index contributed by atoms with van der Waals surface area (Å²) in [6, 6.07) is 0. The van der Waals surface area contributed by atoms with Gasteiger partial charge in [0.15, 0.2) is 0 Å². The average Bonchev–Trinajstić information content (AvgIpc) is 2.26. The Kier molecular flexibility index (Phi) is 5.75. The van der Waals surface area contributed by atoms with Crippen LogP contribution in [0, 0.1) is 5.92 Å². The van der Waals surface area contributed by atoms with Gasteiger partial charge in [0, 0.05) is 0 Å². The molecule has 0 heterocycles. The van der Waals surface area contributed by atoms with Gasteiger partial charge in [-0.25, -0.2) is 4.79 Å². The van der Waals surface area contributed by atoms with E-state index < -0.39 is 10.1 Å². The van der Waals surface area contributed by atoms with Crippen molar-refractivity contribution >= 4 is 16.1 Å². The number of carbonyl (C=O) groups excluding carboxylic acids is 1. The highest BCUT2D eigenvalue weighted by atomic mass is 32.2. The number of allylic oxidation sites excluding steroid dienone is 1. The number of ether oxygens (including phenoxy) is 1. The lowest BCUT2D eigenvalue weighted by Gasteiger charge is -2.18. The van der Waals surface area contributed by atoms with E-state index in [0.717, 1.165) is 18.2 Å². The van der Waals surface area contributed by atoms with Gasteiger partial charge < -0.3 is 4.74 Å². The summed E-state index contributed by atoms with van der Waals surface area (Å²) in [5.41, 5.74) is 1.54. The van der Waals surface area contributed by atoms with Crippen LogP contribution in [0.2, 0.25) is 0 Å². The van der Waals surface area contributed by atoms with Crippen molar-refractivity contribution in [2.24, 2.45) is 5.92 Å². The highest BCUT2D eigenvalue weighted by molar-refractivity contribution is 7.85. The third-order valence-corrected chi connectivity index (χ3v) is 3.23. The van der Waals surface area contributed by atoms with Crippen molar-refractivity contribution in [1.29, 1.82) is 0 Å². The molecule has 6 heteroatoms. The second-order valence-corrected chi connectivity index (χ2v) is 6.25. The van der Waals surface area contributed by atoms with E-state index in [2.05, 4.69) is 0 Å². The molecule has 0 radical (unpaired) electrons. The van der Waals surface area contributed by atoms with Crippen LogP contribution in [0.5, 0.6) is 0 Å². The molecule has 0 fully saturated rings. The standard InChI is InChI=1S/C13H20O5S/c1-4-17-13(14)12-8-10(2)7-11(9-12)5-6-18-19(3,15)16/h8-10H,4-7H2,1-3H3. The first-order valence-electron chi connectivity index (χ1n) is 6.24. The van der Waals surface area contributed by atoms with E-state index >= 15 is 0 Å². The predicted octanol–water partition coefficient (Wildman–Crippen LogP) is 1.81. The van der Waals surface area contributed by atoms with E-state index in [0.29, 0.717) is 18.6 Å². The summed E-state index contributed by atoms with van der Waals surface area (Å²) in [7, 11) is -3.41. The number of esters is 1. The molecule has 0 aromatic heterocycles. The van der Waals surface area contributed by atoms with Crippen molar-refractivity contribution in [3.63, 3.8) is 0 Å². The summed E-state index contributed by atoms with van der Waals surface area (Å²) in [4.78, 5) is 11.7. The minimum Gasteiger partial charge on any atom is -0.462 e. The van der Waals surface area contributed by atoms with Crippen LogP contribution in [0.15, 0.2) is 23.3 Å². The molecule has 0 aromatic carbocycles. The van der Waals surface area contributed by atoms with Crippen molar-refractivity contribution in [3.8, 4) is 0 Å². The maximum absolute atomic E-state index is 11.7. The Morgan fingerprint density at radius 3 is 2.74 bits per heavy atom. The van der Waals surface area contributed by atoms with Crippen molar-refractivity contribution in [2.75, 3.05) is 19.5 Å². The molecule has 108 valence electrons. The number of carbonyl (C=O) groups is 1. The second-order valence-electron chi connectivity index (χ2n) is 4.60. The van der Waals surface area contributed by atoms with Gasteiger partial charge in [-0.1, -0.05) is 18.6 Å². The SMILES string of the molecule is CCOC(=O)C1=CC(C)CC(CCOS(C)(=O)=O)=C1. The molecule has 0 saturated heterocycles. The van der Waals surface area contributed by atoms with Crippen molar-refractivity contribution in [2.45, 2.75) is 26.7 Å². The molecule has 0 spiro atoms. The largest absolute Gasteiger partial charge is 0.462 e. The van der Waals surface area contributed by atoms with Gasteiger partial charge in [0.05, 0.1) is 25.0 Å². The smallest absolute Gasteiger partial charge is 0.337 e. The summed E-state index contributed by atoms with van der Waals surface area (Å²) in [6.07, 6.45) is 5.96. The summed E-state index contributed by atoms with van der Waals surface area (Å²) >= 11 is 0. The predicted molar refractivity (Wildman–Crippen MR) is 72.0 cm³/mol. The van der Waals surface area contributed by atoms with Gasteiger partial charge in [-0.2, -0.15) is 8.42 Å². The molecular formula is C13H20O5S. The van der Waals surface area contributed by atoms with E-state index in [1.807, 2.05) is 13.0 Å². The molecule has 1 aliphatic rings. The van der Waals surface area contributed by atoms with E-state index in [1.165, 1.54) is 0 Å². The molecule has 1 atom stereocenters. The van der Waals surface area contributed by atoms with E-state index in [9.17, 15) is 13.2 Å². The average molecular weight is 288 g/mol. The van der Waals surface area contributed by atoms with Gasteiger partial charge in [0.2, 0.25) is 0 Å². The van der Waals surface area contributed by atoms with Gasteiger partial charge in [-0.3, -0.25) is 4.18 Å². The molecule has 1 aliphatic carbocycles. The molecule has 0 aliphatic heterocycles. The van der Waals surface area contributed by atoms with Crippen LogP contribution < -0.4 is 0 Å². The molecule has 0 N–H and O–H groups in total. The van der Waals surface area contributed by atoms with Crippen LogP contribution in [-0.4, -0.2) is 33.9 Å². The fraction of sp³-hybridized carbons (Fsp3) is 0.615. The zero-order valence-electron chi connectivity index (χ0n) is 11.5. The maximum atomic E-state index is 11.7. The highest BCUT2D eigenvalue weighted by Gasteiger charge is 2.17. The molecule has 1 unspecified atom stereocenters. The lowest BCUT2D eigenvalue weighted by molar-refractivity contribution is -0.138. The summed E-state index contributed by atoms with van der Waals surface area (Å²) < 4.78 is 31.4. The van der Waals surface area contributed by atoms with Crippen LogP contribution >= 0.6 is 0 Å². The Balaban J connectivity index is 2.63. The first kappa shape index (κ1) is 15.9. The Morgan fingerprint density at radius 1 is 1.47 bits per heavy atom. The quantitative estimate of drug-likeness (QED) is 0.550. The molecule has 19 heavy (non-hydrogen) atoms. The van der Waals surface area contributed by atoms with Crippen molar-refractivity contribution in [1.82, 2.24) is 0 Å². The zero-order valence-corrected chi connectivity index (χ0v) is 12.3. The minimum absolute atomic E-state index is 0.105. The van der Waals surface area contributed by atoms with Crippen LogP contribution in [0.25, 0.3) is 0 Å². The van der Waals surface area contributed by atoms with Crippen LogP contribution in [0.3, 0.4) is 0 Å². The molecule has 1 rings (SSSR count). The number of hydrogen-bond acceptors (Lipinski definition) is 5. The maximum Gasteiger partial charge on any atom is 0.337 e. The van der Waals surface area contributed by atoms with Crippen LogP contribution in [0.1, 0.15) is 26.7 Å². The highest BCUT2D eigenvalue weighted by Crippen LogP contribution is 2.25. The fourth-order valence-corrected chi connectivity index (χ4v) is 2.33. The number of hydrogen-bond donors (Lipinski definition) is 0. The van der Waals surface area contributed by atoms with E-state index in [1.54, 1.807) is 13.0 Å². The van der Waals surface area contributed by atoms with Gasteiger partial charge in [-0.15, -0.1) is 0 Å². The summed E-state index contributed by atoms with van der Waals surface area (Å²) in [5.74, 6) is -0.103. The monoisotopic (exact) mass is 288 g/mol.